The average molecular weight is 316 g/mol. The molecule has 1 fully saturated rings. The van der Waals surface area contributed by atoms with Crippen LogP contribution in [0, 0.1) is 5.92 Å². The topological polar surface area (TPSA) is 40.5 Å². The minimum atomic E-state index is -0.749. The zero-order valence-corrected chi connectivity index (χ0v) is 13.0. The number of halogens is 2. The highest BCUT2D eigenvalue weighted by atomic mass is 35.5. The highest BCUT2D eigenvalue weighted by Gasteiger charge is 2.32. The van der Waals surface area contributed by atoms with Crippen molar-refractivity contribution in [3.8, 4) is 0 Å². The lowest BCUT2D eigenvalue weighted by atomic mass is 9.88. The van der Waals surface area contributed by atoms with Crippen LogP contribution in [-0.4, -0.2) is 28.6 Å². The van der Waals surface area contributed by atoms with Crippen LogP contribution in [0.4, 0.5) is 0 Å². The Morgan fingerprint density at radius 1 is 1.45 bits per heavy atom. The predicted molar refractivity (Wildman–Crippen MR) is 81.3 cm³/mol. The lowest BCUT2D eigenvalue weighted by molar-refractivity contribution is -0.145. The molecule has 0 aliphatic carbocycles. The molecule has 2 unspecified atom stereocenters. The molecular weight excluding hydrogens is 297 g/mol. The molecule has 5 heteroatoms. The highest BCUT2D eigenvalue weighted by molar-refractivity contribution is 6.42. The lowest BCUT2D eigenvalue weighted by Gasteiger charge is -2.37. The molecule has 0 saturated carbocycles. The maximum Gasteiger partial charge on any atom is 0.320 e. The summed E-state index contributed by atoms with van der Waals surface area (Å²) in [5.41, 5.74) is 0.889. The fourth-order valence-corrected chi connectivity index (χ4v) is 3.17. The van der Waals surface area contributed by atoms with E-state index in [2.05, 4.69) is 6.92 Å². The van der Waals surface area contributed by atoms with Gasteiger partial charge < -0.3 is 5.11 Å². The zero-order valence-electron chi connectivity index (χ0n) is 11.5. The smallest absolute Gasteiger partial charge is 0.320 e. The van der Waals surface area contributed by atoms with Crippen LogP contribution in [0.25, 0.3) is 0 Å². The van der Waals surface area contributed by atoms with Gasteiger partial charge in [-0.25, -0.2) is 0 Å². The Morgan fingerprint density at radius 2 is 2.20 bits per heavy atom. The first-order valence-electron chi connectivity index (χ1n) is 6.92. The molecule has 110 valence electrons. The Morgan fingerprint density at radius 3 is 2.85 bits per heavy atom. The number of carboxylic acids is 1. The Kier molecular flexibility index (Phi) is 5.30. The van der Waals surface area contributed by atoms with Crippen molar-refractivity contribution in [1.29, 1.82) is 0 Å². The molecule has 1 aromatic carbocycles. The molecule has 0 aromatic heterocycles. The van der Waals surface area contributed by atoms with Gasteiger partial charge in [-0.2, -0.15) is 0 Å². The molecule has 2 atom stereocenters. The maximum atomic E-state index is 11.5. The summed E-state index contributed by atoms with van der Waals surface area (Å²) in [6.07, 6.45) is 2.79. The number of carboxylic acid groups (broad SMARTS) is 1. The van der Waals surface area contributed by atoms with Gasteiger partial charge in [0.2, 0.25) is 0 Å². The van der Waals surface area contributed by atoms with Crippen molar-refractivity contribution >= 4 is 29.2 Å². The van der Waals surface area contributed by atoms with Crippen LogP contribution in [0.15, 0.2) is 18.2 Å². The van der Waals surface area contributed by atoms with E-state index in [1.54, 1.807) is 6.07 Å². The number of hydrogen-bond donors (Lipinski definition) is 1. The first-order chi connectivity index (χ1) is 9.52. The SMILES string of the molecule is CCC1CCN(Cc2cccc(Cl)c2Cl)C(C(=O)O)C1. The standard InChI is InChI=1S/C15H19Cl2NO2/c1-2-10-6-7-18(13(8-10)15(19)20)9-11-4-3-5-12(16)14(11)17/h3-5,10,13H,2,6-9H2,1H3,(H,19,20). The Bertz CT molecular complexity index is 493. The van der Waals surface area contributed by atoms with Crippen LogP contribution in [0.3, 0.4) is 0 Å². The molecule has 20 heavy (non-hydrogen) atoms. The summed E-state index contributed by atoms with van der Waals surface area (Å²) in [6, 6.07) is 5.06. The van der Waals surface area contributed by atoms with Gasteiger partial charge in [-0.05, 0) is 36.9 Å². The number of benzene rings is 1. The van der Waals surface area contributed by atoms with E-state index in [-0.39, 0.29) is 0 Å². The number of aliphatic carboxylic acids is 1. The van der Waals surface area contributed by atoms with E-state index in [1.807, 2.05) is 17.0 Å². The van der Waals surface area contributed by atoms with Crippen molar-refractivity contribution in [2.75, 3.05) is 6.54 Å². The van der Waals surface area contributed by atoms with E-state index in [0.717, 1.165) is 24.9 Å². The Balaban J connectivity index is 2.14. The molecule has 1 aliphatic heterocycles. The third kappa shape index (κ3) is 3.46. The van der Waals surface area contributed by atoms with E-state index < -0.39 is 12.0 Å². The van der Waals surface area contributed by atoms with Crippen LogP contribution in [0.5, 0.6) is 0 Å². The minimum Gasteiger partial charge on any atom is -0.480 e. The van der Waals surface area contributed by atoms with Crippen molar-refractivity contribution in [3.63, 3.8) is 0 Å². The number of nitrogens with zero attached hydrogens (tertiary/aromatic N) is 1. The molecule has 3 nitrogen and oxygen atoms in total. The fraction of sp³-hybridized carbons (Fsp3) is 0.533. The number of hydrogen-bond acceptors (Lipinski definition) is 2. The van der Waals surface area contributed by atoms with Gasteiger partial charge in [-0.1, -0.05) is 48.7 Å². The second-order valence-corrected chi connectivity index (χ2v) is 6.12. The number of carbonyl (C=O) groups is 1. The van der Waals surface area contributed by atoms with Gasteiger partial charge in [0.1, 0.15) is 6.04 Å². The molecule has 0 radical (unpaired) electrons. The Hall–Kier alpha value is -0.770. The molecule has 1 aromatic rings. The molecule has 0 spiro atoms. The molecular formula is C15H19Cl2NO2. The van der Waals surface area contributed by atoms with Crippen molar-refractivity contribution in [1.82, 2.24) is 4.90 Å². The van der Waals surface area contributed by atoms with E-state index in [1.165, 1.54) is 0 Å². The van der Waals surface area contributed by atoms with Gasteiger partial charge in [0.15, 0.2) is 0 Å². The lowest BCUT2D eigenvalue weighted by Crippen LogP contribution is -2.46. The van der Waals surface area contributed by atoms with E-state index in [4.69, 9.17) is 23.2 Å². The first kappa shape index (κ1) is 15.6. The number of rotatable bonds is 4. The summed E-state index contributed by atoms with van der Waals surface area (Å²) in [7, 11) is 0. The number of piperidine rings is 1. The summed E-state index contributed by atoms with van der Waals surface area (Å²) in [6.45, 7) is 3.44. The molecule has 1 aliphatic rings. The molecule has 0 amide bonds. The van der Waals surface area contributed by atoms with Crippen LogP contribution < -0.4 is 0 Å². The van der Waals surface area contributed by atoms with Gasteiger partial charge in [-0.15, -0.1) is 0 Å². The van der Waals surface area contributed by atoms with Gasteiger partial charge >= 0.3 is 5.97 Å². The van der Waals surface area contributed by atoms with Crippen molar-refractivity contribution in [2.45, 2.75) is 38.8 Å². The molecule has 1 N–H and O–H groups in total. The van der Waals surface area contributed by atoms with Crippen LogP contribution in [0.2, 0.25) is 10.0 Å². The number of likely N-dealkylation sites (tertiary alicyclic amines) is 1. The monoisotopic (exact) mass is 315 g/mol. The largest absolute Gasteiger partial charge is 0.480 e. The molecule has 1 saturated heterocycles. The van der Waals surface area contributed by atoms with Gasteiger partial charge in [-0.3, -0.25) is 9.69 Å². The summed E-state index contributed by atoms with van der Waals surface area (Å²) >= 11 is 12.2. The van der Waals surface area contributed by atoms with Crippen LogP contribution in [-0.2, 0) is 11.3 Å². The normalized spacial score (nSPS) is 23.8. The molecule has 2 rings (SSSR count). The predicted octanol–water partition coefficient (Wildman–Crippen LogP) is 4.07. The molecule has 0 bridgehead atoms. The summed E-state index contributed by atoms with van der Waals surface area (Å²) in [4.78, 5) is 13.5. The second kappa shape index (κ2) is 6.79. The summed E-state index contributed by atoms with van der Waals surface area (Å²) in [5.74, 6) is -0.247. The van der Waals surface area contributed by atoms with Crippen molar-refractivity contribution < 1.29 is 9.90 Å². The van der Waals surface area contributed by atoms with Crippen LogP contribution >= 0.6 is 23.2 Å². The second-order valence-electron chi connectivity index (χ2n) is 5.34. The maximum absolute atomic E-state index is 11.5. The van der Waals surface area contributed by atoms with Gasteiger partial charge in [0, 0.05) is 6.54 Å². The van der Waals surface area contributed by atoms with E-state index >= 15 is 0 Å². The third-order valence-corrected chi connectivity index (χ3v) is 4.95. The van der Waals surface area contributed by atoms with Gasteiger partial charge in [0.05, 0.1) is 10.0 Å². The highest BCUT2D eigenvalue weighted by Crippen LogP contribution is 2.30. The fourth-order valence-electron chi connectivity index (χ4n) is 2.79. The quantitative estimate of drug-likeness (QED) is 0.910. The van der Waals surface area contributed by atoms with Crippen LogP contribution in [0.1, 0.15) is 31.7 Å². The zero-order chi connectivity index (χ0) is 14.7. The minimum absolute atomic E-state index is 0.427. The average Bonchev–Trinajstić information content (AvgIpc) is 2.44. The van der Waals surface area contributed by atoms with Crippen molar-refractivity contribution in [3.05, 3.63) is 33.8 Å². The van der Waals surface area contributed by atoms with Gasteiger partial charge in [0.25, 0.3) is 0 Å². The summed E-state index contributed by atoms with van der Waals surface area (Å²) < 4.78 is 0. The first-order valence-corrected chi connectivity index (χ1v) is 7.68. The van der Waals surface area contributed by atoms with Crippen molar-refractivity contribution in [2.24, 2.45) is 5.92 Å². The summed E-state index contributed by atoms with van der Waals surface area (Å²) in [5, 5.41) is 10.5. The third-order valence-electron chi connectivity index (χ3n) is 4.09. The van der Waals surface area contributed by atoms with E-state index in [9.17, 15) is 9.90 Å². The Labute approximate surface area is 129 Å². The molecule has 1 heterocycles. The van der Waals surface area contributed by atoms with E-state index in [0.29, 0.717) is 28.9 Å².